The number of pyridine rings is 2. The van der Waals surface area contributed by atoms with E-state index in [0.717, 1.165) is 52.2 Å². The van der Waals surface area contributed by atoms with Gasteiger partial charge in [-0.25, -0.2) is 14.5 Å². The first kappa shape index (κ1) is 21.0. The van der Waals surface area contributed by atoms with Crippen LogP contribution < -0.4 is 0 Å². The van der Waals surface area contributed by atoms with Gasteiger partial charge in [-0.15, -0.1) is 0 Å². The fourth-order valence-corrected chi connectivity index (χ4v) is 4.84. The Hall–Kier alpha value is -4.58. The summed E-state index contributed by atoms with van der Waals surface area (Å²) in [5, 5.41) is 15.6. The fraction of sp³-hybridized carbons (Fsp3) is 0.103. The predicted octanol–water partition coefficient (Wildman–Crippen LogP) is 6.06. The highest BCUT2D eigenvalue weighted by atomic mass is 16.4. The number of carboxylic acid groups (broad SMARTS) is 1. The number of rotatable bonds is 4. The molecule has 0 bridgehead atoms. The quantitative estimate of drug-likeness (QED) is 0.354. The highest BCUT2D eigenvalue weighted by molar-refractivity contribution is 6.06. The van der Waals surface area contributed by atoms with Gasteiger partial charge < -0.3 is 5.11 Å². The Morgan fingerprint density at radius 3 is 2.57 bits per heavy atom. The van der Waals surface area contributed by atoms with Gasteiger partial charge in [-0.05, 0) is 66.8 Å². The van der Waals surface area contributed by atoms with E-state index in [4.69, 9.17) is 10.1 Å². The number of aromatic carboxylic acids is 1. The number of hydrogen-bond donors (Lipinski definition) is 1. The molecule has 6 rings (SSSR count). The van der Waals surface area contributed by atoms with Crippen LogP contribution in [0.4, 0.5) is 0 Å². The maximum Gasteiger partial charge on any atom is 0.336 e. The molecule has 6 heteroatoms. The predicted molar refractivity (Wildman–Crippen MR) is 136 cm³/mol. The number of carboxylic acids is 1. The third-order valence-corrected chi connectivity index (χ3v) is 6.41. The Bertz CT molecular complexity index is 1590. The summed E-state index contributed by atoms with van der Waals surface area (Å²) in [5.74, 6) is -0.908. The normalized spacial score (nSPS) is 14.2. The van der Waals surface area contributed by atoms with E-state index in [0.29, 0.717) is 22.9 Å². The maximum atomic E-state index is 12.3. The molecule has 170 valence electrons. The number of nitrogens with zero attached hydrogens (tertiary/aromatic N) is 4. The van der Waals surface area contributed by atoms with Gasteiger partial charge >= 0.3 is 5.97 Å². The molecule has 1 aliphatic carbocycles. The number of benzene rings is 2. The van der Waals surface area contributed by atoms with Gasteiger partial charge in [-0.3, -0.25) is 4.98 Å². The molecule has 3 aromatic heterocycles. The number of carbonyl (C=O) groups is 1. The minimum Gasteiger partial charge on any atom is -0.478 e. The van der Waals surface area contributed by atoms with Crippen molar-refractivity contribution < 1.29 is 9.90 Å². The molecule has 0 fully saturated rings. The Labute approximate surface area is 202 Å². The van der Waals surface area contributed by atoms with E-state index >= 15 is 0 Å². The summed E-state index contributed by atoms with van der Waals surface area (Å²) in [6.45, 7) is 0. The lowest BCUT2D eigenvalue weighted by atomic mass is 9.86. The number of aromatic nitrogens is 4. The zero-order valence-corrected chi connectivity index (χ0v) is 18.9. The molecular formula is C29H22N4O2. The molecule has 1 N–H and O–H groups in total. The van der Waals surface area contributed by atoms with E-state index in [1.807, 2.05) is 83.8 Å². The van der Waals surface area contributed by atoms with Gasteiger partial charge in [-0.2, -0.15) is 5.10 Å². The number of fused-ring (bicyclic) bond motifs is 2. The first-order valence-corrected chi connectivity index (χ1v) is 11.6. The molecule has 5 aromatic rings. The van der Waals surface area contributed by atoms with E-state index < -0.39 is 5.97 Å². The molecule has 0 spiro atoms. The Kier molecular flexibility index (Phi) is 5.19. The molecule has 6 nitrogen and oxygen atoms in total. The van der Waals surface area contributed by atoms with E-state index in [-0.39, 0.29) is 0 Å². The van der Waals surface area contributed by atoms with Crippen LogP contribution in [0.5, 0.6) is 0 Å². The average molecular weight is 459 g/mol. The van der Waals surface area contributed by atoms with Crippen LogP contribution in [0.1, 0.15) is 40.0 Å². The summed E-state index contributed by atoms with van der Waals surface area (Å²) in [4.78, 5) is 21.5. The molecule has 0 saturated carbocycles. The summed E-state index contributed by atoms with van der Waals surface area (Å²) in [5.41, 5.74) is 7.32. The summed E-state index contributed by atoms with van der Waals surface area (Å²) >= 11 is 0. The first-order valence-electron chi connectivity index (χ1n) is 11.6. The number of allylic oxidation sites excluding steroid dienone is 1. The zero-order chi connectivity index (χ0) is 23.8. The van der Waals surface area contributed by atoms with Gasteiger partial charge in [0.25, 0.3) is 0 Å². The molecular weight excluding hydrogens is 436 g/mol. The van der Waals surface area contributed by atoms with Crippen molar-refractivity contribution in [3.8, 4) is 16.9 Å². The highest BCUT2D eigenvalue weighted by Gasteiger charge is 2.25. The summed E-state index contributed by atoms with van der Waals surface area (Å²) in [6, 6.07) is 21.3. The van der Waals surface area contributed by atoms with Crippen molar-refractivity contribution in [1.29, 1.82) is 0 Å². The molecule has 0 aliphatic heterocycles. The second-order valence-electron chi connectivity index (χ2n) is 8.61. The topological polar surface area (TPSA) is 80.9 Å². The van der Waals surface area contributed by atoms with Gasteiger partial charge in [0.1, 0.15) is 5.69 Å². The minimum atomic E-state index is -0.908. The lowest BCUT2D eigenvalue weighted by Gasteiger charge is -2.21. The van der Waals surface area contributed by atoms with Crippen molar-refractivity contribution in [2.45, 2.75) is 19.3 Å². The minimum absolute atomic E-state index is 0.365. The van der Waals surface area contributed by atoms with Crippen molar-refractivity contribution in [2.75, 3.05) is 0 Å². The Balaban J connectivity index is 1.56. The van der Waals surface area contributed by atoms with E-state index in [2.05, 4.69) is 11.1 Å². The van der Waals surface area contributed by atoms with Crippen LogP contribution in [0.3, 0.4) is 0 Å². The van der Waals surface area contributed by atoms with Crippen LogP contribution in [0.15, 0.2) is 85.3 Å². The molecule has 0 saturated heterocycles. The van der Waals surface area contributed by atoms with Crippen LogP contribution in [0, 0.1) is 0 Å². The van der Waals surface area contributed by atoms with Gasteiger partial charge in [0.2, 0.25) is 0 Å². The SMILES string of the molecule is O=C(O)c1c2c(nc3ccccc13)C(=Cc1cn(-c3ccccc3)nc1-c1cccnc1)CCC2. The van der Waals surface area contributed by atoms with Gasteiger partial charge in [-0.1, -0.05) is 36.4 Å². The standard InChI is InChI=1S/C29H22N4O2/c34-29(35)26-23-12-4-5-14-25(23)31-28-19(8-6-13-24(26)28)16-21-18-33(22-10-2-1-3-11-22)32-27(21)20-9-7-15-30-17-20/h1-5,7,9-12,14-18H,6,8,13H2,(H,34,35). The largest absolute Gasteiger partial charge is 0.478 e. The van der Waals surface area contributed by atoms with Gasteiger partial charge in [0.15, 0.2) is 0 Å². The summed E-state index contributed by atoms with van der Waals surface area (Å²) < 4.78 is 1.87. The van der Waals surface area contributed by atoms with Crippen molar-refractivity contribution in [2.24, 2.45) is 0 Å². The average Bonchev–Trinajstić information content (AvgIpc) is 3.32. The maximum absolute atomic E-state index is 12.3. The van der Waals surface area contributed by atoms with Crippen LogP contribution in [0.2, 0.25) is 0 Å². The molecule has 0 amide bonds. The molecule has 2 aromatic carbocycles. The van der Waals surface area contributed by atoms with Gasteiger partial charge in [0, 0.05) is 35.1 Å². The molecule has 3 heterocycles. The lowest BCUT2D eigenvalue weighted by molar-refractivity contribution is 0.0697. The van der Waals surface area contributed by atoms with Crippen LogP contribution in [-0.4, -0.2) is 30.8 Å². The highest BCUT2D eigenvalue weighted by Crippen LogP contribution is 2.37. The second-order valence-corrected chi connectivity index (χ2v) is 8.61. The molecule has 0 unspecified atom stereocenters. The Morgan fingerprint density at radius 2 is 1.77 bits per heavy atom. The smallest absolute Gasteiger partial charge is 0.336 e. The number of para-hydroxylation sites is 2. The summed E-state index contributed by atoms with van der Waals surface area (Å²) in [6.07, 6.45) is 10.1. The van der Waals surface area contributed by atoms with Crippen LogP contribution >= 0.6 is 0 Å². The molecule has 35 heavy (non-hydrogen) atoms. The van der Waals surface area contributed by atoms with Crippen molar-refractivity contribution >= 4 is 28.5 Å². The van der Waals surface area contributed by atoms with E-state index in [1.165, 1.54) is 0 Å². The van der Waals surface area contributed by atoms with Crippen molar-refractivity contribution in [1.82, 2.24) is 19.7 Å². The van der Waals surface area contributed by atoms with Crippen molar-refractivity contribution in [3.63, 3.8) is 0 Å². The Morgan fingerprint density at radius 1 is 0.943 bits per heavy atom. The van der Waals surface area contributed by atoms with Crippen molar-refractivity contribution in [3.05, 3.63) is 108 Å². The van der Waals surface area contributed by atoms with E-state index in [9.17, 15) is 9.90 Å². The number of hydrogen-bond acceptors (Lipinski definition) is 4. The lowest BCUT2D eigenvalue weighted by Crippen LogP contribution is -2.13. The molecule has 0 atom stereocenters. The fourth-order valence-electron chi connectivity index (χ4n) is 4.84. The van der Waals surface area contributed by atoms with Crippen LogP contribution in [-0.2, 0) is 6.42 Å². The van der Waals surface area contributed by atoms with E-state index in [1.54, 1.807) is 6.20 Å². The zero-order valence-electron chi connectivity index (χ0n) is 18.9. The monoisotopic (exact) mass is 458 g/mol. The van der Waals surface area contributed by atoms with Crippen LogP contribution in [0.25, 0.3) is 39.5 Å². The van der Waals surface area contributed by atoms with Gasteiger partial charge in [0.05, 0.1) is 22.5 Å². The summed E-state index contributed by atoms with van der Waals surface area (Å²) in [7, 11) is 0. The first-order chi connectivity index (χ1) is 17.2. The third-order valence-electron chi connectivity index (χ3n) is 6.41. The molecule has 0 radical (unpaired) electrons. The second kappa shape index (κ2) is 8.65. The third kappa shape index (κ3) is 3.79. The molecule has 1 aliphatic rings.